The predicted molar refractivity (Wildman–Crippen MR) is 84.4 cm³/mol. The number of hydrogen-bond donors (Lipinski definition) is 1. The molecule has 0 saturated carbocycles. The summed E-state index contributed by atoms with van der Waals surface area (Å²) >= 11 is 7.02. The van der Waals surface area contributed by atoms with Gasteiger partial charge in [0.2, 0.25) is 0 Å². The number of fused-ring (bicyclic) bond motifs is 2. The van der Waals surface area contributed by atoms with Gasteiger partial charge in [0.15, 0.2) is 0 Å². The zero-order valence-electron chi connectivity index (χ0n) is 10.6. The van der Waals surface area contributed by atoms with Gasteiger partial charge >= 0.3 is 0 Å². The van der Waals surface area contributed by atoms with Crippen molar-refractivity contribution in [3.05, 3.63) is 67.6 Å². The molecule has 2 aromatic carbocycles. The van der Waals surface area contributed by atoms with E-state index in [1.807, 2.05) is 31.2 Å². The van der Waals surface area contributed by atoms with E-state index >= 15 is 0 Å². The van der Waals surface area contributed by atoms with Crippen LogP contribution in [0.15, 0.2) is 45.3 Å². The van der Waals surface area contributed by atoms with E-state index in [1.54, 1.807) is 0 Å². The average molecular weight is 382 g/mol. The molecule has 1 aliphatic carbocycles. The molecule has 0 aromatic heterocycles. The van der Waals surface area contributed by atoms with Crippen molar-refractivity contribution in [1.29, 1.82) is 0 Å². The van der Waals surface area contributed by atoms with Crippen LogP contribution in [-0.2, 0) is 18.4 Å². The lowest BCUT2D eigenvalue weighted by molar-refractivity contribution is 0.102. The van der Waals surface area contributed by atoms with Gasteiger partial charge in [-0.1, -0.05) is 44.0 Å². The first-order valence-corrected chi connectivity index (χ1v) is 7.87. The van der Waals surface area contributed by atoms with Crippen molar-refractivity contribution >= 4 is 31.9 Å². The molecule has 3 rings (SSSR count). The predicted octanol–water partition coefficient (Wildman–Crippen LogP) is 4.57. The average Bonchev–Trinajstić information content (AvgIpc) is 2.45. The lowest BCUT2D eigenvalue weighted by atomic mass is 9.85. The third-order valence-corrected chi connectivity index (χ3v) is 4.83. The van der Waals surface area contributed by atoms with E-state index in [-0.39, 0.29) is 0 Å². The van der Waals surface area contributed by atoms with E-state index in [1.165, 1.54) is 11.1 Å². The molecule has 0 unspecified atom stereocenters. The van der Waals surface area contributed by atoms with E-state index < -0.39 is 5.60 Å². The highest BCUT2D eigenvalue weighted by atomic mass is 79.9. The summed E-state index contributed by atoms with van der Waals surface area (Å²) in [6, 6.07) is 12.3. The maximum absolute atomic E-state index is 11.0. The summed E-state index contributed by atoms with van der Waals surface area (Å²) in [7, 11) is 0. The Morgan fingerprint density at radius 3 is 1.74 bits per heavy atom. The van der Waals surface area contributed by atoms with Crippen LogP contribution in [0.4, 0.5) is 0 Å². The minimum Gasteiger partial charge on any atom is -0.381 e. The van der Waals surface area contributed by atoms with Gasteiger partial charge in [-0.3, -0.25) is 0 Å². The van der Waals surface area contributed by atoms with Gasteiger partial charge in [-0.25, -0.2) is 0 Å². The summed E-state index contributed by atoms with van der Waals surface area (Å²) < 4.78 is 2.13. The van der Waals surface area contributed by atoms with Crippen LogP contribution in [-0.4, -0.2) is 5.11 Å². The quantitative estimate of drug-likeness (QED) is 0.708. The number of benzene rings is 2. The van der Waals surface area contributed by atoms with Crippen molar-refractivity contribution in [1.82, 2.24) is 0 Å². The number of halogens is 2. The smallest absolute Gasteiger partial charge is 0.112 e. The first kappa shape index (κ1) is 13.3. The minimum absolute atomic E-state index is 0.928. The molecule has 2 aromatic rings. The highest BCUT2D eigenvalue weighted by Gasteiger charge is 2.32. The van der Waals surface area contributed by atoms with Gasteiger partial charge in [-0.2, -0.15) is 0 Å². The standard InChI is InChI=1S/C16H14Br2O/c1-16(19)14-6-4-12(17)8-10(14)2-3-11-9-13(18)5-7-15(11)16/h4-9,19H,2-3H2,1H3. The molecule has 0 bridgehead atoms. The Labute approximate surface area is 129 Å². The van der Waals surface area contributed by atoms with Crippen molar-refractivity contribution in [3.63, 3.8) is 0 Å². The maximum Gasteiger partial charge on any atom is 0.112 e. The largest absolute Gasteiger partial charge is 0.381 e. The number of aryl methyl sites for hydroxylation is 2. The Kier molecular flexibility index (Phi) is 3.32. The summed E-state index contributed by atoms with van der Waals surface area (Å²) in [4.78, 5) is 0. The van der Waals surface area contributed by atoms with Gasteiger partial charge in [0.25, 0.3) is 0 Å². The fraction of sp³-hybridized carbons (Fsp3) is 0.250. The monoisotopic (exact) mass is 380 g/mol. The summed E-state index contributed by atoms with van der Waals surface area (Å²) in [6.45, 7) is 1.89. The van der Waals surface area contributed by atoms with E-state index in [0.29, 0.717) is 0 Å². The van der Waals surface area contributed by atoms with Gasteiger partial charge in [-0.15, -0.1) is 0 Å². The Bertz CT molecular complexity index is 592. The normalized spacial score (nSPS) is 16.4. The zero-order valence-corrected chi connectivity index (χ0v) is 13.8. The summed E-state index contributed by atoms with van der Waals surface area (Å²) in [5, 5.41) is 11.0. The second-order valence-corrected chi connectivity index (χ2v) is 7.01. The molecule has 0 radical (unpaired) electrons. The molecule has 0 aliphatic heterocycles. The molecule has 0 amide bonds. The molecule has 0 saturated heterocycles. The Hall–Kier alpha value is -0.640. The molecule has 1 N–H and O–H groups in total. The first-order valence-electron chi connectivity index (χ1n) is 6.28. The van der Waals surface area contributed by atoms with Gasteiger partial charge in [0.05, 0.1) is 0 Å². The molecular formula is C16H14Br2O. The van der Waals surface area contributed by atoms with Crippen LogP contribution in [0.5, 0.6) is 0 Å². The van der Waals surface area contributed by atoms with Crippen molar-refractivity contribution < 1.29 is 5.11 Å². The first-order chi connectivity index (χ1) is 8.98. The van der Waals surface area contributed by atoms with Crippen molar-refractivity contribution in [2.75, 3.05) is 0 Å². The SMILES string of the molecule is CC1(O)c2ccc(Br)cc2CCc2cc(Br)ccc21. The van der Waals surface area contributed by atoms with Crippen LogP contribution in [0.25, 0.3) is 0 Å². The minimum atomic E-state index is -0.928. The third kappa shape index (κ3) is 2.28. The number of rotatable bonds is 0. The second kappa shape index (κ2) is 4.72. The van der Waals surface area contributed by atoms with Crippen LogP contribution >= 0.6 is 31.9 Å². The summed E-state index contributed by atoms with van der Waals surface area (Å²) in [6.07, 6.45) is 1.91. The lowest BCUT2D eigenvalue weighted by Gasteiger charge is -2.26. The number of aliphatic hydroxyl groups is 1. The summed E-state index contributed by atoms with van der Waals surface area (Å²) in [5.41, 5.74) is 3.52. The highest BCUT2D eigenvalue weighted by molar-refractivity contribution is 9.10. The van der Waals surface area contributed by atoms with Gasteiger partial charge in [0.1, 0.15) is 5.60 Å². The zero-order chi connectivity index (χ0) is 13.6. The van der Waals surface area contributed by atoms with Crippen molar-refractivity contribution in [3.8, 4) is 0 Å². The van der Waals surface area contributed by atoms with E-state index in [0.717, 1.165) is 32.9 Å². The molecule has 3 heteroatoms. The molecule has 0 fully saturated rings. The molecule has 98 valence electrons. The Morgan fingerprint density at radius 1 is 0.895 bits per heavy atom. The van der Waals surface area contributed by atoms with Crippen molar-refractivity contribution in [2.45, 2.75) is 25.4 Å². The van der Waals surface area contributed by atoms with Crippen LogP contribution in [0.2, 0.25) is 0 Å². The molecule has 0 spiro atoms. The molecule has 0 heterocycles. The molecule has 1 aliphatic rings. The third-order valence-electron chi connectivity index (χ3n) is 3.85. The van der Waals surface area contributed by atoms with Crippen LogP contribution in [0.3, 0.4) is 0 Å². The highest BCUT2D eigenvalue weighted by Crippen LogP contribution is 2.39. The van der Waals surface area contributed by atoms with Crippen LogP contribution < -0.4 is 0 Å². The Balaban J connectivity index is 2.24. The molecule has 0 atom stereocenters. The van der Waals surface area contributed by atoms with Crippen LogP contribution in [0, 0.1) is 0 Å². The second-order valence-electron chi connectivity index (χ2n) is 5.18. The lowest BCUT2D eigenvalue weighted by Crippen LogP contribution is -2.24. The van der Waals surface area contributed by atoms with Crippen molar-refractivity contribution in [2.24, 2.45) is 0 Å². The molecule has 1 nitrogen and oxygen atoms in total. The van der Waals surface area contributed by atoms with E-state index in [2.05, 4.69) is 44.0 Å². The van der Waals surface area contributed by atoms with Crippen LogP contribution in [0.1, 0.15) is 29.2 Å². The number of hydrogen-bond acceptors (Lipinski definition) is 1. The van der Waals surface area contributed by atoms with E-state index in [9.17, 15) is 5.11 Å². The Morgan fingerprint density at radius 2 is 1.32 bits per heavy atom. The topological polar surface area (TPSA) is 20.2 Å². The maximum atomic E-state index is 11.0. The van der Waals surface area contributed by atoms with Gasteiger partial charge in [0, 0.05) is 8.95 Å². The van der Waals surface area contributed by atoms with Gasteiger partial charge in [-0.05, 0) is 66.3 Å². The van der Waals surface area contributed by atoms with Gasteiger partial charge < -0.3 is 5.11 Å². The fourth-order valence-corrected chi connectivity index (χ4v) is 3.72. The molecular weight excluding hydrogens is 368 g/mol. The molecule has 19 heavy (non-hydrogen) atoms. The summed E-state index contributed by atoms with van der Waals surface area (Å²) in [5.74, 6) is 0. The van der Waals surface area contributed by atoms with E-state index in [4.69, 9.17) is 0 Å². The fourth-order valence-electron chi connectivity index (χ4n) is 2.90.